The third-order valence-electron chi connectivity index (χ3n) is 3.28. The van der Waals surface area contributed by atoms with Crippen LogP contribution < -0.4 is 0 Å². The van der Waals surface area contributed by atoms with E-state index >= 15 is 0 Å². The second kappa shape index (κ2) is 3.92. The second-order valence-corrected chi connectivity index (χ2v) is 4.47. The van der Waals surface area contributed by atoms with Gasteiger partial charge in [-0.3, -0.25) is 0 Å². The van der Waals surface area contributed by atoms with Crippen molar-refractivity contribution in [3.8, 4) is 0 Å². The average molecular weight is 211 g/mol. The predicted octanol–water partition coefficient (Wildman–Crippen LogP) is 3.21. The summed E-state index contributed by atoms with van der Waals surface area (Å²) in [6.45, 7) is 2.13. The van der Waals surface area contributed by atoms with Crippen LogP contribution in [0.3, 0.4) is 0 Å². The van der Waals surface area contributed by atoms with Gasteiger partial charge >= 0.3 is 0 Å². The topological polar surface area (TPSA) is 20.2 Å². The van der Waals surface area contributed by atoms with Crippen LogP contribution in [0, 0.1) is 5.92 Å². The van der Waals surface area contributed by atoms with Crippen molar-refractivity contribution in [2.24, 2.45) is 5.92 Å². The van der Waals surface area contributed by atoms with Gasteiger partial charge in [-0.1, -0.05) is 37.1 Å². The maximum Gasteiger partial charge on any atom is 0.0580 e. The lowest BCUT2D eigenvalue weighted by Crippen LogP contribution is -2.38. The summed E-state index contributed by atoms with van der Waals surface area (Å²) in [5.74, 6) is 0.975. The zero-order chi connectivity index (χ0) is 10.1. The smallest absolute Gasteiger partial charge is 0.0580 e. The summed E-state index contributed by atoms with van der Waals surface area (Å²) in [5, 5.41) is 10.3. The van der Waals surface area contributed by atoms with Gasteiger partial charge in [0, 0.05) is 5.02 Å². The van der Waals surface area contributed by atoms with Crippen LogP contribution in [0.15, 0.2) is 24.3 Å². The highest BCUT2D eigenvalue weighted by atomic mass is 35.5. The van der Waals surface area contributed by atoms with Crippen molar-refractivity contribution in [1.29, 1.82) is 0 Å². The Kier molecular flexibility index (Phi) is 2.80. The Labute approximate surface area is 89.7 Å². The molecule has 1 aliphatic carbocycles. The highest BCUT2D eigenvalue weighted by Gasteiger charge is 2.38. The lowest BCUT2D eigenvalue weighted by atomic mass is 9.66. The first-order chi connectivity index (χ1) is 6.72. The normalized spacial score (nSPS) is 31.2. The van der Waals surface area contributed by atoms with Crippen molar-refractivity contribution < 1.29 is 5.11 Å². The molecule has 3 unspecified atom stereocenters. The number of hydrogen-bond donors (Lipinski definition) is 1. The second-order valence-electron chi connectivity index (χ2n) is 4.03. The quantitative estimate of drug-likeness (QED) is 0.795. The molecular formula is C12H15ClO. The molecule has 2 rings (SSSR count). The third-order valence-corrected chi connectivity index (χ3v) is 3.53. The molecule has 0 heterocycles. The number of benzene rings is 1. The summed E-state index contributed by atoms with van der Waals surface area (Å²) >= 11 is 5.83. The molecule has 0 aliphatic heterocycles. The van der Waals surface area contributed by atoms with Crippen molar-refractivity contribution in [3.05, 3.63) is 34.9 Å². The van der Waals surface area contributed by atoms with Crippen molar-refractivity contribution >= 4 is 11.6 Å². The van der Waals surface area contributed by atoms with Crippen LogP contribution in [-0.2, 0) is 0 Å². The fraction of sp³-hybridized carbons (Fsp3) is 0.500. The predicted molar refractivity (Wildman–Crippen MR) is 58.6 cm³/mol. The fourth-order valence-electron chi connectivity index (χ4n) is 2.33. The zero-order valence-corrected chi connectivity index (χ0v) is 9.04. The van der Waals surface area contributed by atoms with Crippen LogP contribution in [0.25, 0.3) is 0 Å². The first kappa shape index (κ1) is 10.0. The number of hydrogen-bond acceptors (Lipinski definition) is 1. The van der Waals surface area contributed by atoms with Crippen LogP contribution in [0.5, 0.6) is 0 Å². The van der Waals surface area contributed by atoms with E-state index in [1.807, 2.05) is 12.1 Å². The first-order valence-corrected chi connectivity index (χ1v) is 5.53. The fourth-order valence-corrected chi connectivity index (χ4v) is 2.46. The summed E-state index contributed by atoms with van der Waals surface area (Å²) in [4.78, 5) is 0. The molecule has 0 spiro atoms. The Bertz CT molecular complexity index is 307. The Morgan fingerprint density at radius 2 is 2.00 bits per heavy atom. The van der Waals surface area contributed by atoms with E-state index in [0.29, 0.717) is 11.8 Å². The third kappa shape index (κ3) is 1.67. The molecule has 1 saturated carbocycles. The standard InChI is InChI=1S/C12H15ClO/c1-2-10-11(7-12(10)14)8-3-5-9(13)6-4-8/h3-6,10-12,14H,2,7H2,1H3. The Morgan fingerprint density at radius 1 is 1.36 bits per heavy atom. The Hall–Kier alpha value is -0.530. The first-order valence-electron chi connectivity index (χ1n) is 5.16. The van der Waals surface area contributed by atoms with E-state index in [1.165, 1.54) is 5.56 Å². The van der Waals surface area contributed by atoms with E-state index in [0.717, 1.165) is 17.9 Å². The minimum atomic E-state index is -0.0966. The summed E-state index contributed by atoms with van der Waals surface area (Å²) in [7, 11) is 0. The zero-order valence-electron chi connectivity index (χ0n) is 8.28. The Balaban J connectivity index is 2.13. The molecule has 0 aromatic heterocycles. The van der Waals surface area contributed by atoms with Gasteiger partial charge in [0.15, 0.2) is 0 Å². The van der Waals surface area contributed by atoms with E-state index in [1.54, 1.807) is 0 Å². The molecule has 1 aliphatic rings. The van der Waals surface area contributed by atoms with Crippen LogP contribution in [0.2, 0.25) is 5.02 Å². The number of aliphatic hydroxyl groups is 1. The molecule has 3 atom stereocenters. The van der Waals surface area contributed by atoms with E-state index in [-0.39, 0.29) is 6.10 Å². The lowest BCUT2D eigenvalue weighted by molar-refractivity contribution is -0.000722. The van der Waals surface area contributed by atoms with E-state index in [9.17, 15) is 5.11 Å². The summed E-state index contributed by atoms with van der Waals surface area (Å²) in [5.41, 5.74) is 1.31. The summed E-state index contributed by atoms with van der Waals surface area (Å²) < 4.78 is 0. The molecule has 1 N–H and O–H groups in total. The van der Waals surface area contributed by atoms with E-state index in [4.69, 9.17) is 11.6 Å². The summed E-state index contributed by atoms with van der Waals surface area (Å²) in [6.07, 6.45) is 1.86. The molecule has 1 fully saturated rings. The van der Waals surface area contributed by atoms with Gasteiger partial charge in [0.05, 0.1) is 6.10 Å². The molecule has 0 saturated heterocycles. The summed E-state index contributed by atoms with van der Waals surface area (Å²) in [6, 6.07) is 7.99. The van der Waals surface area contributed by atoms with Crippen LogP contribution in [0.4, 0.5) is 0 Å². The van der Waals surface area contributed by atoms with Crippen LogP contribution >= 0.6 is 11.6 Å². The van der Waals surface area contributed by atoms with Gasteiger partial charge in [-0.25, -0.2) is 0 Å². The molecule has 2 heteroatoms. The van der Waals surface area contributed by atoms with Gasteiger partial charge in [-0.05, 0) is 36.0 Å². The molecule has 76 valence electrons. The van der Waals surface area contributed by atoms with Crippen LogP contribution in [0.1, 0.15) is 31.2 Å². The largest absolute Gasteiger partial charge is 0.393 e. The van der Waals surface area contributed by atoms with E-state index in [2.05, 4.69) is 19.1 Å². The lowest BCUT2D eigenvalue weighted by Gasteiger charge is -2.41. The number of halogens is 1. The van der Waals surface area contributed by atoms with Gasteiger partial charge in [-0.2, -0.15) is 0 Å². The molecule has 0 amide bonds. The van der Waals surface area contributed by atoms with Crippen molar-refractivity contribution in [2.75, 3.05) is 0 Å². The molecular weight excluding hydrogens is 196 g/mol. The molecule has 0 radical (unpaired) electrons. The van der Waals surface area contributed by atoms with Gasteiger partial charge < -0.3 is 5.11 Å². The molecule has 1 aromatic rings. The van der Waals surface area contributed by atoms with Crippen LogP contribution in [-0.4, -0.2) is 11.2 Å². The van der Waals surface area contributed by atoms with Crippen molar-refractivity contribution in [2.45, 2.75) is 31.8 Å². The molecule has 1 aromatic carbocycles. The monoisotopic (exact) mass is 210 g/mol. The van der Waals surface area contributed by atoms with Gasteiger partial charge in [0.1, 0.15) is 0 Å². The highest BCUT2D eigenvalue weighted by molar-refractivity contribution is 6.30. The Morgan fingerprint density at radius 3 is 2.50 bits per heavy atom. The average Bonchev–Trinajstić information content (AvgIpc) is 2.16. The van der Waals surface area contributed by atoms with Crippen molar-refractivity contribution in [1.82, 2.24) is 0 Å². The maximum absolute atomic E-state index is 9.57. The molecule has 0 bridgehead atoms. The maximum atomic E-state index is 9.57. The number of rotatable bonds is 2. The van der Waals surface area contributed by atoms with Gasteiger partial charge in [-0.15, -0.1) is 0 Å². The number of aliphatic hydroxyl groups excluding tert-OH is 1. The van der Waals surface area contributed by atoms with Crippen molar-refractivity contribution in [3.63, 3.8) is 0 Å². The highest BCUT2D eigenvalue weighted by Crippen LogP contribution is 2.44. The van der Waals surface area contributed by atoms with E-state index < -0.39 is 0 Å². The minimum Gasteiger partial charge on any atom is -0.393 e. The molecule has 14 heavy (non-hydrogen) atoms. The molecule has 1 nitrogen and oxygen atoms in total. The van der Waals surface area contributed by atoms with Gasteiger partial charge in [0.2, 0.25) is 0 Å². The SMILES string of the molecule is CCC1C(O)CC1c1ccc(Cl)cc1. The minimum absolute atomic E-state index is 0.0966. The van der Waals surface area contributed by atoms with Gasteiger partial charge in [0.25, 0.3) is 0 Å².